The van der Waals surface area contributed by atoms with Gasteiger partial charge in [-0.2, -0.15) is 11.3 Å². The fraction of sp³-hybridized carbons (Fsp3) is 0.477. The third kappa shape index (κ3) is 7.97. The molecular formula is C44H55IrN2O3S2-. The molecule has 0 saturated carbocycles. The predicted octanol–water partition coefficient (Wildman–Crippen LogP) is 13.7. The summed E-state index contributed by atoms with van der Waals surface area (Å²) in [6, 6.07) is 12.5. The number of rotatable bonds is 10. The van der Waals surface area contributed by atoms with Crippen LogP contribution in [0.4, 0.5) is 0 Å². The summed E-state index contributed by atoms with van der Waals surface area (Å²) in [5, 5.41) is 16.8. The number of fused-ring (bicyclic) bond motifs is 6. The van der Waals surface area contributed by atoms with Gasteiger partial charge in [0.2, 0.25) is 0 Å². The molecule has 0 bridgehead atoms. The van der Waals surface area contributed by atoms with Crippen LogP contribution in [0.15, 0.2) is 52.2 Å². The number of hydrogen-bond acceptors (Lipinski definition) is 7. The molecule has 0 aliphatic rings. The van der Waals surface area contributed by atoms with Gasteiger partial charge in [0.15, 0.2) is 5.78 Å². The molecule has 0 amide bonds. The van der Waals surface area contributed by atoms with E-state index in [1.54, 1.807) is 29.0 Å². The van der Waals surface area contributed by atoms with Gasteiger partial charge >= 0.3 is 0 Å². The maximum Gasteiger partial charge on any atom is 0.164 e. The number of aliphatic hydroxyl groups excluding tert-OH is 1. The van der Waals surface area contributed by atoms with E-state index >= 15 is 0 Å². The first-order valence-electron chi connectivity index (χ1n) is 18.5. The summed E-state index contributed by atoms with van der Waals surface area (Å²) in [7, 11) is 0. The van der Waals surface area contributed by atoms with Gasteiger partial charge in [0.1, 0.15) is 28.3 Å². The molecule has 2 aromatic carbocycles. The summed E-state index contributed by atoms with van der Waals surface area (Å²) in [6.45, 7) is 25.5. The normalized spacial score (nSPS) is 12.9. The van der Waals surface area contributed by atoms with Gasteiger partial charge in [0.25, 0.3) is 0 Å². The van der Waals surface area contributed by atoms with Crippen LogP contribution in [0, 0.1) is 29.7 Å². The molecule has 5 nitrogen and oxygen atoms in total. The fourth-order valence-corrected chi connectivity index (χ4v) is 8.77. The maximum absolute atomic E-state index is 12.2. The Morgan fingerprint density at radius 3 is 2.21 bits per heavy atom. The third-order valence-corrected chi connectivity index (χ3v) is 13.2. The van der Waals surface area contributed by atoms with Crippen molar-refractivity contribution in [1.82, 2.24) is 9.97 Å². The second-order valence-corrected chi connectivity index (χ2v) is 17.9. The van der Waals surface area contributed by atoms with Crippen LogP contribution in [-0.2, 0) is 36.7 Å². The van der Waals surface area contributed by atoms with Crippen molar-refractivity contribution in [2.24, 2.45) is 16.7 Å². The van der Waals surface area contributed by atoms with Crippen molar-refractivity contribution < 1.29 is 34.4 Å². The molecule has 8 heteroatoms. The number of carbonyl (C=O) groups excluding carboxylic acids is 1. The minimum absolute atomic E-state index is 0. The Morgan fingerprint density at radius 2 is 1.62 bits per heavy atom. The molecule has 0 aliphatic carbocycles. The Balaban J connectivity index is 0.000000289. The molecule has 281 valence electrons. The van der Waals surface area contributed by atoms with E-state index in [0.29, 0.717) is 5.92 Å². The number of aryl methyl sites for hydroxylation is 1. The Labute approximate surface area is 331 Å². The number of nitrogens with zero attached hydrogens (tertiary/aromatic N) is 2. The van der Waals surface area contributed by atoms with Crippen molar-refractivity contribution in [3.63, 3.8) is 0 Å². The smallest absolute Gasteiger partial charge is 0.164 e. The summed E-state index contributed by atoms with van der Waals surface area (Å²) in [5.41, 5.74) is 4.97. The number of thiophene rings is 2. The molecule has 1 N–H and O–H groups in total. The van der Waals surface area contributed by atoms with Crippen molar-refractivity contribution in [3.8, 4) is 11.3 Å². The van der Waals surface area contributed by atoms with E-state index in [-0.39, 0.29) is 47.9 Å². The molecule has 0 fully saturated rings. The van der Waals surface area contributed by atoms with Crippen LogP contribution in [-0.4, -0.2) is 20.9 Å². The summed E-state index contributed by atoms with van der Waals surface area (Å²) in [4.78, 5) is 22.7. The Hall–Kier alpha value is -2.90. The number of hydrogen-bond donors (Lipinski definition) is 1. The van der Waals surface area contributed by atoms with Crippen molar-refractivity contribution in [3.05, 3.63) is 70.8 Å². The minimum atomic E-state index is -0.337. The first-order chi connectivity index (χ1) is 24.0. The molecular weight excluding hydrogens is 861 g/mol. The van der Waals surface area contributed by atoms with E-state index < -0.39 is 0 Å². The van der Waals surface area contributed by atoms with Gasteiger partial charge in [0, 0.05) is 69.1 Å². The predicted molar refractivity (Wildman–Crippen MR) is 219 cm³/mol. The van der Waals surface area contributed by atoms with Crippen molar-refractivity contribution in [1.29, 1.82) is 0 Å². The molecule has 6 rings (SSSR count). The molecule has 0 unspecified atom stereocenters. The van der Waals surface area contributed by atoms with Crippen LogP contribution in [0.25, 0.3) is 52.6 Å². The molecule has 0 atom stereocenters. The molecule has 52 heavy (non-hydrogen) atoms. The fourth-order valence-electron chi connectivity index (χ4n) is 6.65. The zero-order valence-electron chi connectivity index (χ0n) is 33.0. The number of aromatic nitrogens is 2. The van der Waals surface area contributed by atoms with Gasteiger partial charge in [-0.1, -0.05) is 87.3 Å². The summed E-state index contributed by atoms with van der Waals surface area (Å²) < 4.78 is 8.94. The van der Waals surface area contributed by atoms with Crippen molar-refractivity contribution in [2.45, 2.75) is 121 Å². The second-order valence-electron chi connectivity index (χ2n) is 16.0. The number of benzene rings is 2. The van der Waals surface area contributed by atoms with E-state index in [9.17, 15) is 9.90 Å². The van der Waals surface area contributed by atoms with Gasteiger partial charge in [0.05, 0.1) is 0 Å². The summed E-state index contributed by atoms with van der Waals surface area (Å²) in [6.07, 6.45) is 7.45. The van der Waals surface area contributed by atoms with Gasteiger partial charge in [-0.05, 0) is 72.6 Å². The molecule has 1 radical (unpaired) electrons. The van der Waals surface area contributed by atoms with Crippen molar-refractivity contribution in [2.75, 3.05) is 0 Å². The number of furan rings is 1. The van der Waals surface area contributed by atoms with E-state index in [2.05, 4.69) is 82.2 Å². The van der Waals surface area contributed by atoms with E-state index in [4.69, 9.17) is 9.40 Å². The van der Waals surface area contributed by atoms with Gasteiger partial charge in [-0.3, -0.25) is 9.78 Å². The SMILES string of the molecule is CCC(C)(CC)C(=O)/C=C(\O)C(C)(CC)CC.Cc1oc2c(ccc3sc4ncnc(-c5[c-]c6ccsc6c(C(C)(C)C)c5)c4c32)c1CC(C)C.[Ir]. The molecule has 6 aromatic rings. The van der Waals surface area contributed by atoms with Crippen LogP contribution >= 0.6 is 22.7 Å². The Morgan fingerprint density at radius 1 is 0.962 bits per heavy atom. The molecule has 4 heterocycles. The first kappa shape index (κ1) is 41.8. The van der Waals surface area contributed by atoms with Crippen LogP contribution in [0.1, 0.15) is 119 Å². The summed E-state index contributed by atoms with van der Waals surface area (Å²) in [5.74, 6) is 1.86. The molecule has 0 spiro atoms. The van der Waals surface area contributed by atoms with Gasteiger partial charge in [-0.15, -0.1) is 34.9 Å². The minimum Gasteiger partial charge on any atom is -0.512 e. The largest absolute Gasteiger partial charge is 0.512 e. The van der Waals surface area contributed by atoms with Crippen LogP contribution in [0.3, 0.4) is 0 Å². The second kappa shape index (κ2) is 16.2. The summed E-state index contributed by atoms with van der Waals surface area (Å²) >= 11 is 3.49. The topological polar surface area (TPSA) is 76.2 Å². The monoisotopic (exact) mass is 916 g/mol. The van der Waals surface area contributed by atoms with Gasteiger partial charge < -0.3 is 9.52 Å². The standard InChI is InChI=1S/C29H27N2OS2.C15H28O2.Ir/c1-15(2)11-20-16(3)32-26-19(20)7-8-22-23(26)24-25(30-14-31-28(24)34-22)18-12-17-9-10-33-27(17)21(13-18)29(4,5)6;1-7-14(5,8-2)12(16)11-13(17)15(6,9-3)10-4;/h7-10,13-15H,11H2,1-6H3;11,16H,7-10H2,1-6H3;/q-1;;/b;12-11-;. The Bertz CT molecular complexity index is 2220. The van der Waals surface area contributed by atoms with Crippen LogP contribution in [0.2, 0.25) is 0 Å². The average Bonchev–Trinajstić information content (AvgIpc) is 3.81. The van der Waals surface area contributed by atoms with E-state index in [1.165, 1.54) is 32.0 Å². The quantitative estimate of drug-likeness (QED) is 0.0842. The van der Waals surface area contributed by atoms with Crippen LogP contribution < -0.4 is 0 Å². The van der Waals surface area contributed by atoms with Crippen molar-refractivity contribution >= 4 is 69.8 Å². The molecule has 4 aromatic heterocycles. The Kier molecular flexibility index (Phi) is 13.1. The number of carbonyl (C=O) groups is 1. The van der Waals surface area contributed by atoms with E-state index in [1.807, 2.05) is 41.5 Å². The zero-order chi connectivity index (χ0) is 37.5. The number of allylic oxidation sites excluding steroid dienone is 2. The third-order valence-electron chi connectivity index (χ3n) is 11.1. The zero-order valence-corrected chi connectivity index (χ0v) is 37.0. The average molecular weight is 916 g/mol. The van der Waals surface area contributed by atoms with E-state index in [0.717, 1.165) is 75.7 Å². The number of ketones is 1. The first-order valence-corrected chi connectivity index (χ1v) is 20.2. The van der Waals surface area contributed by atoms with Gasteiger partial charge in [-0.25, -0.2) is 4.98 Å². The maximum atomic E-state index is 12.2. The molecule has 0 aliphatic heterocycles. The molecule has 0 saturated heterocycles. The van der Waals surface area contributed by atoms with Crippen LogP contribution in [0.5, 0.6) is 0 Å². The number of aliphatic hydroxyl groups is 1.